The Kier molecular flexibility index (Phi) is 6.74. The fourth-order valence-corrected chi connectivity index (χ4v) is 1.75. The van der Waals surface area contributed by atoms with Gasteiger partial charge in [0.05, 0.1) is 13.2 Å². The molecule has 1 atom stereocenters. The van der Waals surface area contributed by atoms with Crippen LogP contribution in [0.4, 0.5) is 4.79 Å². The minimum Gasteiger partial charge on any atom is -0.497 e. The van der Waals surface area contributed by atoms with Gasteiger partial charge < -0.3 is 20.5 Å². The molecular weight excluding hydrogens is 244 g/mol. The maximum Gasteiger partial charge on any atom is 0.315 e. The first kappa shape index (κ1) is 15.3. The topological polar surface area (TPSA) is 70.6 Å². The first-order chi connectivity index (χ1) is 9.21. The van der Waals surface area contributed by atoms with Gasteiger partial charge in [0.25, 0.3) is 0 Å². The highest BCUT2D eigenvalue weighted by Crippen LogP contribution is 2.19. The molecule has 0 fully saturated rings. The highest BCUT2D eigenvalue weighted by Gasteiger charge is 2.12. The molecule has 1 aromatic carbocycles. The zero-order chi connectivity index (χ0) is 14.1. The van der Waals surface area contributed by atoms with Crippen molar-refractivity contribution in [1.82, 2.24) is 10.6 Å². The number of hydrogen-bond donors (Lipinski definition) is 3. The van der Waals surface area contributed by atoms with Gasteiger partial charge in [0.15, 0.2) is 0 Å². The monoisotopic (exact) mass is 266 g/mol. The van der Waals surface area contributed by atoms with Crippen LogP contribution in [-0.4, -0.2) is 31.4 Å². The van der Waals surface area contributed by atoms with Gasteiger partial charge >= 0.3 is 6.03 Å². The molecule has 19 heavy (non-hydrogen) atoms. The Hall–Kier alpha value is -1.75. The Balaban J connectivity index is 2.54. The Morgan fingerprint density at radius 1 is 1.37 bits per heavy atom. The van der Waals surface area contributed by atoms with E-state index in [0.29, 0.717) is 13.0 Å². The maximum atomic E-state index is 11.7. The van der Waals surface area contributed by atoms with E-state index in [1.54, 1.807) is 7.11 Å². The lowest BCUT2D eigenvalue weighted by Crippen LogP contribution is -2.38. The molecule has 0 spiro atoms. The smallest absolute Gasteiger partial charge is 0.315 e. The predicted molar refractivity (Wildman–Crippen MR) is 74.3 cm³/mol. The third-order valence-corrected chi connectivity index (χ3v) is 2.85. The van der Waals surface area contributed by atoms with E-state index in [-0.39, 0.29) is 18.7 Å². The molecule has 1 rings (SSSR count). The molecule has 1 aromatic rings. The van der Waals surface area contributed by atoms with Gasteiger partial charge in [0.2, 0.25) is 0 Å². The van der Waals surface area contributed by atoms with Gasteiger partial charge in [-0.25, -0.2) is 4.79 Å². The summed E-state index contributed by atoms with van der Waals surface area (Å²) in [6.07, 6.45) is 1.37. The number of hydrogen-bond acceptors (Lipinski definition) is 3. The number of ether oxygens (including phenoxy) is 1. The van der Waals surface area contributed by atoms with E-state index in [2.05, 4.69) is 10.6 Å². The SMILES string of the molecule is CCC(NC(=O)NCCCO)c1ccc(OC)cc1. The van der Waals surface area contributed by atoms with E-state index in [9.17, 15) is 4.79 Å². The van der Waals surface area contributed by atoms with E-state index < -0.39 is 0 Å². The summed E-state index contributed by atoms with van der Waals surface area (Å²) in [7, 11) is 1.62. The fourth-order valence-electron chi connectivity index (χ4n) is 1.75. The normalized spacial score (nSPS) is 11.7. The molecule has 0 bridgehead atoms. The molecule has 3 N–H and O–H groups in total. The number of carbonyl (C=O) groups excluding carboxylic acids is 1. The minimum atomic E-state index is -0.212. The van der Waals surface area contributed by atoms with E-state index in [1.165, 1.54) is 0 Å². The Morgan fingerprint density at radius 2 is 2.05 bits per heavy atom. The molecule has 2 amide bonds. The second kappa shape index (κ2) is 8.37. The summed E-state index contributed by atoms with van der Waals surface area (Å²) in [5.74, 6) is 0.797. The van der Waals surface area contributed by atoms with Crippen LogP contribution in [0.1, 0.15) is 31.4 Å². The summed E-state index contributed by atoms with van der Waals surface area (Å²) in [6, 6.07) is 7.41. The second-order valence-corrected chi connectivity index (χ2v) is 4.21. The van der Waals surface area contributed by atoms with Crippen molar-refractivity contribution in [3.05, 3.63) is 29.8 Å². The van der Waals surface area contributed by atoms with Crippen LogP contribution in [-0.2, 0) is 0 Å². The molecule has 0 aliphatic rings. The van der Waals surface area contributed by atoms with E-state index in [4.69, 9.17) is 9.84 Å². The lowest BCUT2D eigenvalue weighted by Gasteiger charge is -2.18. The van der Waals surface area contributed by atoms with Crippen LogP contribution >= 0.6 is 0 Å². The number of amides is 2. The number of methoxy groups -OCH3 is 1. The first-order valence-electron chi connectivity index (χ1n) is 6.50. The average molecular weight is 266 g/mol. The molecule has 0 saturated carbocycles. The summed E-state index contributed by atoms with van der Waals surface area (Å²) >= 11 is 0. The van der Waals surface area contributed by atoms with Crippen molar-refractivity contribution < 1.29 is 14.6 Å². The molecule has 0 aromatic heterocycles. The van der Waals surface area contributed by atoms with Gasteiger partial charge in [-0.2, -0.15) is 0 Å². The van der Waals surface area contributed by atoms with Gasteiger partial charge in [-0.1, -0.05) is 19.1 Å². The van der Waals surface area contributed by atoms with E-state index in [0.717, 1.165) is 17.7 Å². The van der Waals surface area contributed by atoms with Crippen molar-refractivity contribution in [2.75, 3.05) is 20.3 Å². The zero-order valence-corrected chi connectivity index (χ0v) is 11.5. The largest absolute Gasteiger partial charge is 0.497 e. The average Bonchev–Trinajstić information content (AvgIpc) is 2.45. The molecule has 5 heteroatoms. The van der Waals surface area contributed by atoms with Gasteiger partial charge in [0, 0.05) is 13.2 Å². The molecule has 0 radical (unpaired) electrons. The minimum absolute atomic E-state index is 0.0277. The molecule has 0 heterocycles. The summed E-state index contributed by atoms with van der Waals surface area (Å²) < 4.78 is 5.11. The fraction of sp³-hybridized carbons (Fsp3) is 0.500. The molecular formula is C14H22N2O3. The highest BCUT2D eigenvalue weighted by atomic mass is 16.5. The van der Waals surface area contributed by atoms with Crippen molar-refractivity contribution >= 4 is 6.03 Å². The summed E-state index contributed by atoms with van der Waals surface area (Å²) in [4.78, 5) is 11.7. The first-order valence-corrected chi connectivity index (χ1v) is 6.50. The summed E-state index contributed by atoms with van der Waals surface area (Å²) in [5, 5.41) is 14.3. The number of aliphatic hydroxyl groups excluding tert-OH is 1. The number of carbonyl (C=O) groups is 1. The van der Waals surface area contributed by atoms with Crippen molar-refractivity contribution in [2.24, 2.45) is 0 Å². The third kappa shape index (κ3) is 5.18. The Morgan fingerprint density at radius 3 is 2.58 bits per heavy atom. The quantitative estimate of drug-likeness (QED) is 0.659. The van der Waals surface area contributed by atoms with Gasteiger partial charge in [-0.05, 0) is 30.5 Å². The van der Waals surface area contributed by atoms with Crippen molar-refractivity contribution in [1.29, 1.82) is 0 Å². The van der Waals surface area contributed by atoms with Crippen molar-refractivity contribution in [3.8, 4) is 5.75 Å². The molecule has 0 saturated heterocycles. The standard InChI is InChI=1S/C14H22N2O3/c1-3-13(16-14(18)15-9-4-10-17)11-5-7-12(19-2)8-6-11/h5-8,13,17H,3-4,9-10H2,1-2H3,(H2,15,16,18). The van der Waals surface area contributed by atoms with Crippen LogP contribution in [0.25, 0.3) is 0 Å². The lowest BCUT2D eigenvalue weighted by atomic mass is 10.0. The lowest BCUT2D eigenvalue weighted by molar-refractivity contribution is 0.234. The highest BCUT2D eigenvalue weighted by molar-refractivity contribution is 5.74. The number of benzene rings is 1. The van der Waals surface area contributed by atoms with E-state index >= 15 is 0 Å². The van der Waals surface area contributed by atoms with E-state index in [1.807, 2.05) is 31.2 Å². The number of aliphatic hydroxyl groups is 1. The van der Waals surface area contributed by atoms with Crippen LogP contribution in [0.3, 0.4) is 0 Å². The zero-order valence-electron chi connectivity index (χ0n) is 11.5. The van der Waals surface area contributed by atoms with Crippen molar-refractivity contribution in [2.45, 2.75) is 25.8 Å². The predicted octanol–water partition coefficient (Wildman–Crippen LogP) is 1.83. The molecule has 5 nitrogen and oxygen atoms in total. The van der Waals surface area contributed by atoms with Crippen LogP contribution in [0.5, 0.6) is 5.75 Å². The number of urea groups is 1. The molecule has 0 aliphatic heterocycles. The second-order valence-electron chi connectivity index (χ2n) is 4.21. The number of rotatable bonds is 7. The Labute approximate surface area is 114 Å². The van der Waals surface area contributed by atoms with Crippen LogP contribution in [0.2, 0.25) is 0 Å². The number of nitrogens with one attached hydrogen (secondary N) is 2. The molecule has 106 valence electrons. The van der Waals surface area contributed by atoms with Crippen LogP contribution in [0.15, 0.2) is 24.3 Å². The molecule has 0 aliphatic carbocycles. The van der Waals surface area contributed by atoms with Crippen molar-refractivity contribution in [3.63, 3.8) is 0 Å². The van der Waals surface area contributed by atoms with Crippen LogP contribution < -0.4 is 15.4 Å². The summed E-state index contributed by atoms with van der Waals surface area (Å²) in [5.41, 5.74) is 1.04. The van der Waals surface area contributed by atoms with Gasteiger partial charge in [-0.3, -0.25) is 0 Å². The van der Waals surface area contributed by atoms with Gasteiger partial charge in [0.1, 0.15) is 5.75 Å². The van der Waals surface area contributed by atoms with Gasteiger partial charge in [-0.15, -0.1) is 0 Å². The van der Waals surface area contributed by atoms with Crippen LogP contribution in [0, 0.1) is 0 Å². The Bertz CT molecular complexity index is 379. The summed E-state index contributed by atoms with van der Waals surface area (Å²) in [6.45, 7) is 2.57. The molecule has 1 unspecified atom stereocenters. The third-order valence-electron chi connectivity index (χ3n) is 2.85. The maximum absolute atomic E-state index is 11.7.